The van der Waals surface area contributed by atoms with Gasteiger partial charge in [-0.3, -0.25) is 4.68 Å². The van der Waals surface area contributed by atoms with Gasteiger partial charge in [-0.1, -0.05) is 0 Å². The molecule has 0 unspecified atom stereocenters. The lowest BCUT2D eigenvalue weighted by Gasteiger charge is -2.11. The highest BCUT2D eigenvalue weighted by atomic mass is 16.6. The second kappa shape index (κ2) is 6.43. The summed E-state index contributed by atoms with van der Waals surface area (Å²) in [5.74, 6) is -0.440. The summed E-state index contributed by atoms with van der Waals surface area (Å²) in [4.78, 5) is 24.3. The van der Waals surface area contributed by atoms with Crippen molar-refractivity contribution in [3.8, 4) is 0 Å². The van der Waals surface area contributed by atoms with Crippen LogP contribution in [0, 0.1) is 13.8 Å². The van der Waals surface area contributed by atoms with Gasteiger partial charge < -0.3 is 14.4 Å². The first-order chi connectivity index (χ1) is 9.99. The molecule has 1 aliphatic heterocycles. The topological polar surface area (TPSA) is 73.7 Å². The van der Waals surface area contributed by atoms with Gasteiger partial charge in [0.05, 0.1) is 18.8 Å². The van der Waals surface area contributed by atoms with Crippen molar-refractivity contribution in [2.45, 2.75) is 13.8 Å². The van der Waals surface area contributed by atoms with Crippen molar-refractivity contribution in [2.24, 2.45) is 7.05 Å². The number of cyclic esters (lactones) is 1. The maximum Gasteiger partial charge on any atom is 0.410 e. The zero-order valence-corrected chi connectivity index (χ0v) is 12.5. The van der Waals surface area contributed by atoms with Crippen LogP contribution >= 0.6 is 0 Å². The van der Waals surface area contributed by atoms with Gasteiger partial charge in [-0.15, -0.1) is 0 Å². The fourth-order valence-electron chi connectivity index (χ4n) is 2.12. The Bertz CT molecular complexity index is 577. The van der Waals surface area contributed by atoms with Crippen molar-refractivity contribution < 1.29 is 19.1 Å². The Kier molecular flexibility index (Phi) is 4.62. The van der Waals surface area contributed by atoms with Gasteiger partial charge in [-0.25, -0.2) is 9.59 Å². The van der Waals surface area contributed by atoms with Crippen LogP contribution in [-0.2, 0) is 21.3 Å². The SMILES string of the molecule is Cc1nn(C)c(C)c1/C=C/C(=O)OCCN1CCOC1=O. The van der Waals surface area contributed by atoms with Crippen molar-refractivity contribution in [3.63, 3.8) is 0 Å². The van der Waals surface area contributed by atoms with E-state index in [2.05, 4.69) is 5.10 Å². The normalized spacial score (nSPS) is 14.8. The number of esters is 1. The molecule has 1 aromatic rings. The van der Waals surface area contributed by atoms with Crippen LogP contribution in [0.3, 0.4) is 0 Å². The number of amides is 1. The van der Waals surface area contributed by atoms with Gasteiger partial charge >= 0.3 is 12.1 Å². The molecule has 0 saturated carbocycles. The highest BCUT2D eigenvalue weighted by molar-refractivity contribution is 5.87. The molecule has 1 fully saturated rings. The molecule has 2 heterocycles. The maximum atomic E-state index is 11.6. The largest absolute Gasteiger partial charge is 0.461 e. The van der Waals surface area contributed by atoms with Crippen LogP contribution < -0.4 is 0 Å². The van der Waals surface area contributed by atoms with Crippen LogP contribution in [0.1, 0.15) is 17.0 Å². The molecule has 21 heavy (non-hydrogen) atoms. The van der Waals surface area contributed by atoms with Crippen molar-refractivity contribution in [3.05, 3.63) is 23.0 Å². The highest BCUT2D eigenvalue weighted by Crippen LogP contribution is 2.13. The summed E-state index contributed by atoms with van der Waals surface area (Å²) in [6, 6.07) is 0. The molecule has 0 aliphatic carbocycles. The third kappa shape index (κ3) is 3.62. The van der Waals surface area contributed by atoms with Crippen molar-refractivity contribution in [1.29, 1.82) is 0 Å². The standard InChI is InChI=1S/C14H19N3O4/c1-10-12(11(2)16(3)15-10)4-5-13(18)20-8-6-17-7-9-21-14(17)19/h4-5H,6-9H2,1-3H3/b5-4+. The Balaban J connectivity index is 1.81. The number of aromatic nitrogens is 2. The van der Waals surface area contributed by atoms with E-state index in [1.807, 2.05) is 20.9 Å². The summed E-state index contributed by atoms with van der Waals surface area (Å²) in [5.41, 5.74) is 2.76. The molecule has 0 N–H and O–H groups in total. The number of hydrogen-bond acceptors (Lipinski definition) is 5. The average molecular weight is 293 g/mol. The Morgan fingerprint density at radius 1 is 1.48 bits per heavy atom. The molecule has 7 nitrogen and oxygen atoms in total. The van der Waals surface area contributed by atoms with E-state index in [0.717, 1.165) is 17.0 Å². The molecule has 1 saturated heterocycles. The summed E-state index contributed by atoms with van der Waals surface area (Å²) in [6.07, 6.45) is 2.71. The maximum absolute atomic E-state index is 11.6. The second-order valence-electron chi connectivity index (χ2n) is 4.81. The molecule has 0 spiro atoms. The molecule has 0 bridgehead atoms. The van der Waals surface area contributed by atoms with Gasteiger partial charge in [0.15, 0.2) is 0 Å². The van der Waals surface area contributed by atoms with E-state index >= 15 is 0 Å². The number of nitrogens with zero attached hydrogens (tertiary/aromatic N) is 3. The third-order valence-electron chi connectivity index (χ3n) is 3.40. The minimum Gasteiger partial charge on any atom is -0.461 e. The summed E-state index contributed by atoms with van der Waals surface area (Å²) >= 11 is 0. The fraction of sp³-hybridized carbons (Fsp3) is 0.500. The quantitative estimate of drug-likeness (QED) is 0.599. The molecule has 114 valence electrons. The summed E-state index contributed by atoms with van der Waals surface area (Å²) in [7, 11) is 1.85. The molecule has 0 atom stereocenters. The first-order valence-corrected chi connectivity index (χ1v) is 6.76. The predicted molar refractivity (Wildman–Crippen MR) is 75.6 cm³/mol. The van der Waals surface area contributed by atoms with E-state index in [1.54, 1.807) is 10.8 Å². The second-order valence-corrected chi connectivity index (χ2v) is 4.81. The van der Waals surface area contributed by atoms with Crippen LogP contribution in [0.5, 0.6) is 0 Å². The summed E-state index contributed by atoms with van der Waals surface area (Å²) in [5, 5.41) is 4.27. The number of aryl methyl sites for hydroxylation is 2. The average Bonchev–Trinajstić information content (AvgIpc) is 2.93. The Hall–Kier alpha value is -2.31. The van der Waals surface area contributed by atoms with Crippen LogP contribution in [-0.4, -0.2) is 53.0 Å². The van der Waals surface area contributed by atoms with Gasteiger partial charge in [-0.05, 0) is 19.9 Å². The van der Waals surface area contributed by atoms with Crippen molar-refractivity contribution in [2.75, 3.05) is 26.3 Å². The number of carbonyl (C=O) groups excluding carboxylic acids is 2. The number of rotatable bonds is 5. The molecular formula is C14H19N3O4. The molecule has 1 amide bonds. The van der Waals surface area contributed by atoms with Crippen LogP contribution in [0.2, 0.25) is 0 Å². The van der Waals surface area contributed by atoms with Crippen molar-refractivity contribution in [1.82, 2.24) is 14.7 Å². The zero-order chi connectivity index (χ0) is 15.4. The lowest BCUT2D eigenvalue weighted by Crippen LogP contribution is -2.28. The lowest BCUT2D eigenvalue weighted by atomic mass is 10.2. The van der Waals surface area contributed by atoms with E-state index in [4.69, 9.17) is 9.47 Å². The van der Waals surface area contributed by atoms with E-state index in [-0.39, 0.29) is 12.7 Å². The number of carbonyl (C=O) groups is 2. The lowest BCUT2D eigenvalue weighted by molar-refractivity contribution is -0.137. The van der Waals surface area contributed by atoms with Gasteiger partial charge in [0, 0.05) is 24.4 Å². The third-order valence-corrected chi connectivity index (χ3v) is 3.40. The van der Waals surface area contributed by atoms with Gasteiger partial charge in [0.2, 0.25) is 0 Å². The minimum absolute atomic E-state index is 0.156. The summed E-state index contributed by atoms with van der Waals surface area (Å²) in [6.45, 7) is 5.26. The monoisotopic (exact) mass is 293 g/mol. The van der Waals surface area contributed by atoms with Crippen LogP contribution in [0.4, 0.5) is 4.79 Å². The zero-order valence-electron chi connectivity index (χ0n) is 12.5. The van der Waals surface area contributed by atoms with Crippen LogP contribution in [0.15, 0.2) is 6.08 Å². The molecule has 7 heteroatoms. The number of hydrogen-bond donors (Lipinski definition) is 0. The van der Waals surface area contributed by atoms with E-state index in [1.165, 1.54) is 11.0 Å². The predicted octanol–water partition coefficient (Wildman–Crippen LogP) is 1.05. The summed E-state index contributed by atoms with van der Waals surface area (Å²) < 4.78 is 11.6. The Morgan fingerprint density at radius 3 is 2.81 bits per heavy atom. The Labute approximate surface area is 123 Å². The fourth-order valence-corrected chi connectivity index (χ4v) is 2.12. The first-order valence-electron chi connectivity index (χ1n) is 6.76. The molecular weight excluding hydrogens is 274 g/mol. The minimum atomic E-state index is -0.440. The smallest absolute Gasteiger partial charge is 0.410 e. The molecule has 0 radical (unpaired) electrons. The van der Waals surface area contributed by atoms with E-state index < -0.39 is 5.97 Å². The molecule has 1 aromatic heterocycles. The number of ether oxygens (including phenoxy) is 2. The van der Waals surface area contributed by atoms with E-state index in [0.29, 0.717) is 19.7 Å². The van der Waals surface area contributed by atoms with E-state index in [9.17, 15) is 9.59 Å². The molecule has 1 aliphatic rings. The highest BCUT2D eigenvalue weighted by Gasteiger charge is 2.21. The first kappa shape index (κ1) is 15.1. The van der Waals surface area contributed by atoms with Gasteiger partial charge in [0.1, 0.15) is 13.2 Å². The molecule has 2 rings (SSSR count). The van der Waals surface area contributed by atoms with Gasteiger partial charge in [0.25, 0.3) is 0 Å². The Morgan fingerprint density at radius 2 is 2.24 bits per heavy atom. The molecule has 0 aromatic carbocycles. The van der Waals surface area contributed by atoms with Crippen LogP contribution in [0.25, 0.3) is 6.08 Å². The van der Waals surface area contributed by atoms with Crippen molar-refractivity contribution >= 4 is 18.1 Å². The van der Waals surface area contributed by atoms with Gasteiger partial charge in [-0.2, -0.15) is 5.10 Å².